The summed E-state index contributed by atoms with van der Waals surface area (Å²) < 4.78 is 4.52. The summed E-state index contributed by atoms with van der Waals surface area (Å²) in [6.45, 7) is 0.531. The van der Waals surface area contributed by atoms with Gasteiger partial charge in [-0.1, -0.05) is 27.9 Å². The van der Waals surface area contributed by atoms with Gasteiger partial charge in [0.15, 0.2) is 0 Å². The summed E-state index contributed by atoms with van der Waals surface area (Å²) in [4.78, 5) is 10.3. The quantitative estimate of drug-likeness (QED) is 0.246. The second-order valence-corrected chi connectivity index (χ2v) is 5.31. The predicted molar refractivity (Wildman–Crippen MR) is 63.6 cm³/mol. The third-order valence-electron chi connectivity index (χ3n) is 0.753. The molecule has 0 aromatic carbocycles. The molecule has 2 nitrogen and oxygen atoms in total. The van der Waals surface area contributed by atoms with Gasteiger partial charge in [-0.15, -0.1) is 0 Å². The third-order valence-corrected chi connectivity index (χ3v) is 3.64. The van der Waals surface area contributed by atoms with Crippen molar-refractivity contribution >= 4 is 56.0 Å². The lowest BCUT2D eigenvalue weighted by molar-refractivity contribution is 0.186. The van der Waals surface area contributed by atoms with Gasteiger partial charge in [0.05, 0.1) is 22.6 Å². The predicted octanol–water partition coefficient (Wildman–Crippen LogP) is 1.99. The molecule has 11 heavy (non-hydrogen) atoms. The average molecular weight is 304 g/mol. The van der Waals surface area contributed by atoms with Gasteiger partial charge in [-0.05, 0) is 5.75 Å². The highest BCUT2D eigenvalue weighted by molar-refractivity contribution is 14.1. The van der Waals surface area contributed by atoms with Gasteiger partial charge in [-0.25, -0.2) is 4.79 Å². The fourth-order valence-electron chi connectivity index (χ4n) is 0.357. The largest absolute Gasteiger partial charge is 0.457 e. The standard InChI is InChI=1S/C5H10BIO2S2/c6-1-3-10-11-4-2-9-5(7)8/h1-4,6H2. The molecule has 0 rings (SSSR count). The topological polar surface area (TPSA) is 26.3 Å². The molecule has 0 saturated carbocycles. The van der Waals surface area contributed by atoms with E-state index in [1.165, 1.54) is 12.1 Å². The normalized spacial score (nSPS) is 9.55. The van der Waals surface area contributed by atoms with Crippen molar-refractivity contribution in [3.8, 4) is 0 Å². The van der Waals surface area contributed by atoms with Crippen molar-refractivity contribution in [3.63, 3.8) is 0 Å². The molecule has 0 unspecified atom stereocenters. The second-order valence-electron chi connectivity index (χ2n) is 1.73. The first-order valence-corrected chi connectivity index (χ1v) is 6.90. The number of carbonyl (C=O) groups excluding carboxylic acids is 1. The highest BCUT2D eigenvalue weighted by atomic mass is 127. The van der Waals surface area contributed by atoms with Gasteiger partial charge in [0, 0.05) is 5.75 Å². The van der Waals surface area contributed by atoms with Gasteiger partial charge in [-0.3, -0.25) is 0 Å². The molecule has 0 aliphatic carbocycles. The molecule has 0 atom stereocenters. The van der Waals surface area contributed by atoms with Gasteiger partial charge in [-0.2, -0.15) is 0 Å². The van der Waals surface area contributed by atoms with Crippen LogP contribution in [0.2, 0.25) is 6.32 Å². The Morgan fingerprint density at radius 1 is 1.45 bits per heavy atom. The Morgan fingerprint density at radius 2 is 2.09 bits per heavy atom. The maximum atomic E-state index is 10.3. The van der Waals surface area contributed by atoms with E-state index >= 15 is 0 Å². The van der Waals surface area contributed by atoms with E-state index in [0.29, 0.717) is 6.61 Å². The van der Waals surface area contributed by atoms with Crippen LogP contribution >= 0.6 is 44.2 Å². The Kier molecular flexibility index (Phi) is 9.85. The molecule has 0 aromatic rings. The lowest BCUT2D eigenvalue weighted by atomic mass is 10.1. The average Bonchev–Trinajstić information content (AvgIpc) is 1.96. The van der Waals surface area contributed by atoms with E-state index in [9.17, 15) is 4.79 Å². The van der Waals surface area contributed by atoms with Gasteiger partial charge in [0.25, 0.3) is 0 Å². The van der Waals surface area contributed by atoms with Crippen molar-refractivity contribution in [2.45, 2.75) is 6.32 Å². The van der Waals surface area contributed by atoms with Crippen molar-refractivity contribution in [1.29, 1.82) is 0 Å². The van der Waals surface area contributed by atoms with E-state index < -0.39 is 0 Å². The van der Waals surface area contributed by atoms with Gasteiger partial charge in [0.2, 0.25) is 0 Å². The van der Waals surface area contributed by atoms with Crippen LogP contribution in [-0.2, 0) is 4.74 Å². The van der Waals surface area contributed by atoms with Crippen LogP contribution in [0.1, 0.15) is 0 Å². The van der Waals surface area contributed by atoms with Crippen LogP contribution in [0.15, 0.2) is 0 Å². The molecule has 64 valence electrons. The molecule has 0 N–H and O–H groups in total. The Hall–Kier alpha value is 0.965. The van der Waals surface area contributed by atoms with Crippen molar-refractivity contribution < 1.29 is 9.53 Å². The molecular formula is C5H10BIO2S2. The zero-order valence-electron chi connectivity index (χ0n) is 6.34. The molecule has 6 heteroatoms. The summed E-state index contributed by atoms with van der Waals surface area (Å²) >= 11 is 1.63. The number of hydrogen-bond acceptors (Lipinski definition) is 4. The summed E-state index contributed by atoms with van der Waals surface area (Å²) in [5, 5.41) is 0. The highest BCUT2D eigenvalue weighted by Crippen LogP contribution is 2.21. The first-order chi connectivity index (χ1) is 5.27. The summed E-state index contributed by atoms with van der Waals surface area (Å²) in [7, 11) is 5.73. The first kappa shape index (κ1) is 12.0. The van der Waals surface area contributed by atoms with Crippen LogP contribution in [0, 0.1) is 0 Å². The molecule has 0 radical (unpaired) electrons. The van der Waals surface area contributed by atoms with E-state index in [1.807, 2.05) is 10.8 Å². The van der Waals surface area contributed by atoms with Crippen LogP contribution < -0.4 is 0 Å². The number of halogens is 1. The Bertz CT molecular complexity index is 115. The number of ether oxygens (including phenoxy) is 1. The van der Waals surface area contributed by atoms with Crippen LogP contribution in [0.5, 0.6) is 0 Å². The van der Waals surface area contributed by atoms with Crippen LogP contribution in [-0.4, -0.2) is 29.9 Å². The number of carbonyl (C=O) groups is 1. The molecule has 0 aliphatic heterocycles. The minimum Gasteiger partial charge on any atom is -0.457 e. The third kappa shape index (κ3) is 11.0. The van der Waals surface area contributed by atoms with Crippen molar-refractivity contribution in [2.24, 2.45) is 0 Å². The van der Waals surface area contributed by atoms with Gasteiger partial charge in [0.1, 0.15) is 14.5 Å². The molecule has 0 amide bonds. The van der Waals surface area contributed by atoms with E-state index in [0.717, 1.165) is 5.75 Å². The van der Waals surface area contributed by atoms with E-state index in [-0.39, 0.29) is 3.98 Å². The molecular weight excluding hydrogens is 294 g/mol. The van der Waals surface area contributed by atoms with Crippen LogP contribution in [0.4, 0.5) is 4.79 Å². The fourth-order valence-corrected chi connectivity index (χ4v) is 2.54. The molecule has 0 aromatic heterocycles. The molecule has 0 bridgehead atoms. The van der Waals surface area contributed by atoms with Gasteiger partial charge < -0.3 is 4.74 Å². The van der Waals surface area contributed by atoms with Gasteiger partial charge >= 0.3 is 3.98 Å². The second kappa shape index (κ2) is 9.06. The lowest BCUT2D eigenvalue weighted by Gasteiger charge is -1.99. The lowest BCUT2D eigenvalue weighted by Crippen LogP contribution is -1.97. The number of rotatable bonds is 6. The van der Waals surface area contributed by atoms with Crippen LogP contribution in [0.3, 0.4) is 0 Å². The Balaban J connectivity index is 2.85. The number of hydrogen-bond donors (Lipinski definition) is 0. The Morgan fingerprint density at radius 3 is 2.64 bits per heavy atom. The monoisotopic (exact) mass is 304 g/mol. The van der Waals surface area contributed by atoms with Crippen molar-refractivity contribution in [3.05, 3.63) is 0 Å². The maximum absolute atomic E-state index is 10.3. The Labute approximate surface area is 89.5 Å². The molecule has 0 aliphatic rings. The summed E-state index contributed by atoms with van der Waals surface area (Å²) in [5.41, 5.74) is 0. The first-order valence-electron chi connectivity index (χ1n) is 3.34. The summed E-state index contributed by atoms with van der Waals surface area (Å²) in [6, 6.07) is 0. The SMILES string of the molecule is BCCSSCCOC(=O)I. The highest BCUT2D eigenvalue weighted by Gasteiger charge is 1.94. The maximum Gasteiger partial charge on any atom is 0.367 e. The summed E-state index contributed by atoms with van der Waals surface area (Å²) in [6.07, 6.45) is 1.20. The minimum absolute atomic E-state index is 0.219. The van der Waals surface area contributed by atoms with E-state index in [4.69, 9.17) is 4.74 Å². The molecule has 0 spiro atoms. The molecule has 0 saturated heterocycles. The van der Waals surface area contributed by atoms with Crippen LogP contribution in [0.25, 0.3) is 0 Å². The zero-order valence-corrected chi connectivity index (χ0v) is 10.1. The summed E-state index contributed by atoms with van der Waals surface area (Å²) in [5.74, 6) is 2.06. The van der Waals surface area contributed by atoms with E-state index in [1.54, 1.807) is 33.4 Å². The zero-order chi connectivity index (χ0) is 8.53. The smallest absolute Gasteiger partial charge is 0.367 e. The minimum atomic E-state index is -0.219. The fraction of sp³-hybridized carbons (Fsp3) is 0.800. The van der Waals surface area contributed by atoms with E-state index in [2.05, 4.69) is 7.85 Å². The van der Waals surface area contributed by atoms with Crippen molar-refractivity contribution in [2.75, 3.05) is 18.1 Å². The molecule has 0 heterocycles. The molecule has 0 fully saturated rings. The van der Waals surface area contributed by atoms with Crippen molar-refractivity contribution in [1.82, 2.24) is 0 Å².